The maximum atomic E-state index is 12.1. The second-order valence-electron chi connectivity index (χ2n) is 6.28. The lowest BCUT2D eigenvalue weighted by molar-refractivity contribution is -0.134. The van der Waals surface area contributed by atoms with Crippen molar-refractivity contribution in [1.29, 1.82) is 0 Å². The van der Waals surface area contributed by atoms with Gasteiger partial charge in [-0.2, -0.15) is 0 Å². The van der Waals surface area contributed by atoms with E-state index in [-0.39, 0.29) is 5.41 Å². The number of likely N-dealkylation sites (tertiary alicyclic amines) is 1. The van der Waals surface area contributed by atoms with E-state index in [4.69, 9.17) is 0 Å². The van der Waals surface area contributed by atoms with Crippen LogP contribution in [-0.4, -0.2) is 23.4 Å². The van der Waals surface area contributed by atoms with Crippen LogP contribution in [0.3, 0.4) is 0 Å². The quantitative estimate of drug-likeness (QED) is 0.687. The summed E-state index contributed by atoms with van der Waals surface area (Å²) in [5, 5.41) is 0. The minimum Gasteiger partial charge on any atom is -0.339 e. The van der Waals surface area contributed by atoms with Crippen LogP contribution in [-0.2, 0) is 4.79 Å². The molecule has 1 rings (SSSR count). The summed E-state index contributed by atoms with van der Waals surface area (Å²) in [6.45, 7) is 11.8. The van der Waals surface area contributed by atoms with E-state index in [1.54, 1.807) is 0 Å². The van der Waals surface area contributed by atoms with Crippen molar-refractivity contribution < 1.29 is 4.79 Å². The molecule has 0 saturated carbocycles. The van der Waals surface area contributed by atoms with E-state index in [1.807, 2.05) is 0 Å². The summed E-state index contributed by atoms with van der Waals surface area (Å²) in [7, 11) is 0. The van der Waals surface area contributed by atoms with Gasteiger partial charge in [0.1, 0.15) is 0 Å². The molecule has 0 aliphatic carbocycles. The van der Waals surface area contributed by atoms with Crippen molar-refractivity contribution in [3.8, 4) is 0 Å². The molecule has 0 radical (unpaired) electrons. The molecule has 0 aromatic heterocycles. The van der Waals surface area contributed by atoms with Gasteiger partial charge in [-0.3, -0.25) is 4.79 Å². The highest BCUT2D eigenvalue weighted by atomic mass is 16.2. The molecule has 0 aromatic rings. The molecule has 1 saturated heterocycles. The van der Waals surface area contributed by atoms with Gasteiger partial charge in [0.2, 0.25) is 5.91 Å². The number of rotatable bonds is 2. The van der Waals surface area contributed by atoms with Crippen molar-refractivity contribution in [1.82, 2.24) is 4.90 Å². The number of hydrogen-bond acceptors (Lipinski definition) is 1. The Morgan fingerprint density at radius 3 is 2.47 bits per heavy atom. The van der Waals surface area contributed by atoms with Gasteiger partial charge >= 0.3 is 0 Å². The third kappa shape index (κ3) is 3.51. The van der Waals surface area contributed by atoms with Gasteiger partial charge in [0.05, 0.1) is 0 Å². The van der Waals surface area contributed by atoms with Gasteiger partial charge in [0.15, 0.2) is 0 Å². The van der Waals surface area contributed by atoms with E-state index >= 15 is 0 Å². The number of amides is 1. The average Bonchev–Trinajstić information content (AvgIpc) is 2.47. The molecule has 1 aliphatic heterocycles. The summed E-state index contributed by atoms with van der Waals surface area (Å²) in [6.07, 6.45) is 3.04. The second kappa shape index (κ2) is 4.54. The highest BCUT2D eigenvalue weighted by molar-refractivity contribution is 5.77. The van der Waals surface area contributed by atoms with Crippen LogP contribution in [0.15, 0.2) is 0 Å². The Kier molecular flexibility index (Phi) is 3.80. The minimum absolute atomic E-state index is 0.112. The molecule has 1 fully saturated rings. The maximum absolute atomic E-state index is 12.1. The smallest absolute Gasteiger partial charge is 0.223 e. The summed E-state index contributed by atoms with van der Waals surface area (Å²) in [5.74, 6) is 0.940. The molecule has 1 aliphatic rings. The maximum Gasteiger partial charge on any atom is 0.223 e. The van der Waals surface area contributed by atoms with Crippen LogP contribution in [0.1, 0.15) is 53.9 Å². The molecule has 0 bridgehead atoms. The fourth-order valence-corrected chi connectivity index (χ4v) is 2.35. The van der Waals surface area contributed by atoms with E-state index in [9.17, 15) is 4.79 Å². The average molecular weight is 211 g/mol. The van der Waals surface area contributed by atoms with E-state index in [1.165, 1.54) is 12.8 Å². The van der Waals surface area contributed by atoms with Crippen LogP contribution < -0.4 is 0 Å². The molecule has 2 heteroatoms. The molecule has 0 spiro atoms. The molecule has 1 unspecified atom stereocenters. The second-order valence-corrected chi connectivity index (χ2v) is 6.28. The Morgan fingerprint density at radius 2 is 2.00 bits per heavy atom. The molecule has 88 valence electrons. The summed E-state index contributed by atoms with van der Waals surface area (Å²) in [6, 6.07) is 0.486. The van der Waals surface area contributed by atoms with Crippen LogP contribution in [0, 0.1) is 11.3 Å². The van der Waals surface area contributed by atoms with Crippen molar-refractivity contribution in [3.63, 3.8) is 0 Å². The number of carbonyl (C=O) groups excluding carboxylic acids is 1. The zero-order chi connectivity index (χ0) is 11.6. The molecule has 2 nitrogen and oxygen atoms in total. The van der Waals surface area contributed by atoms with Crippen molar-refractivity contribution >= 4 is 5.91 Å². The largest absolute Gasteiger partial charge is 0.339 e. The highest BCUT2D eigenvalue weighted by Crippen LogP contribution is 2.27. The minimum atomic E-state index is 0.112. The third-order valence-electron chi connectivity index (χ3n) is 3.07. The zero-order valence-corrected chi connectivity index (χ0v) is 10.8. The normalized spacial score (nSPS) is 22.5. The van der Waals surface area contributed by atoms with Gasteiger partial charge in [-0.1, -0.05) is 34.6 Å². The lowest BCUT2D eigenvalue weighted by Crippen LogP contribution is -2.39. The van der Waals surface area contributed by atoms with Crippen LogP contribution in [0.4, 0.5) is 0 Å². The molecule has 0 aromatic carbocycles. The zero-order valence-electron chi connectivity index (χ0n) is 10.8. The summed E-state index contributed by atoms with van der Waals surface area (Å²) in [5.41, 5.74) is 0.112. The lowest BCUT2D eigenvalue weighted by Gasteiger charge is -2.30. The van der Waals surface area contributed by atoms with Crippen molar-refractivity contribution in [2.24, 2.45) is 11.3 Å². The van der Waals surface area contributed by atoms with Crippen LogP contribution in [0.2, 0.25) is 0 Å². The first kappa shape index (κ1) is 12.5. The standard InChI is InChI=1S/C13H25NO/c1-10(2)11-7-6-8-14(11)12(15)9-13(3,4)5/h10-11H,6-9H2,1-5H3. The third-order valence-corrected chi connectivity index (χ3v) is 3.07. The van der Waals surface area contributed by atoms with Crippen molar-refractivity contribution in [2.75, 3.05) is 6.54 Å². The Bertz CT molecular complexity index is 227. The number of hydrogen-bond donors (Lipinski definition) is 0. The van der Waals surface area contributed by atoms with E-state index in [2.05, 4.69) is 39.5 Å². The van der Waals surface area contributed by atoms with Crippen LogP contribution >= 0.6 is 0 Å². The molecule has 15 heavy (non-hydrogen) atoms. The van der Waals surface area contributed by atoms with Gasteiger partial charge in [0, 0.05) is 19.0 Å². The first-order chi connectivity index (χ1) is 6.81. The van der Waals surface area contributed by atoms with Crippen LogP contribution in [0.5, 0.6) is 0 Å². The predicted octanol–water partition coefficient (Wildman–Crippen LogP) is 3.07. The van der Waals surface area contributed by atoms with Crippen molar-refractivity contribution in [2.45, 2.75) is 59.9 Å². The molecule has 1 heterocycles. The van der Waals surface area contributed by atoms with E-state index in [0.29, 0.717) is 24.3 Å². The molecular weight excluding hydrogens is 186 g/mol. The number of nitrogens with zero attached hydrogens (tertiary/aromatic N) is 1. The first-order valence-corrected chi connectivity index (χ1v) is 6.11. The summed E-state index contributed by atoms with van der Waals surface area (Å²) < 4.78 is 0. The molecular formula is C13H25NO. The SMILES string of the molecule is CC(C)C1CCCN1C(=O)CC(C)(C)C. The van der Waals surface area contributed by atoms with Gasteiger partial charge in [-0.25, -0.2) is 0 Å². The fourth-order valence-electron chi connectivity index (χ4n) is 2.35. The predicted molar refractivity (Wildman–Crippen MR) is 63.6 cm³/mol. The Hall–Kier alpha value is -0.530. The summed E-state index contributed by atoms with van der Waals surface area (Å²) >= 11 is 0. The van der Waals surface area contributed by atoms with Gasteiger partial charge in [-0.05, 0) is 24.2 Å². The monoisotopic (exact) mass is 211 g/mol. The summed E-state index contributed by atoms with van der Waals surface area (Å²) in [4.78, 5) is 14.2. The van der Waals surface area contributed by atoms with E-state index < -0.39 is 0 Å². The first-order valence-electron chi connectivity index (χ1n) is 6.11. The Morgan fingerprint density at radius 1 is 1.40 bits per heavy atom. The number of carbonyl (C=O) groups is 1. The fraction of sp³-hybridized carbons (Fsp3) is 0.923. The van der Waals surface area contributed by atoms with Crippen molar-refractivity contribution in [3.05, 3.63) is 0 Å². The van der Waals surface area contributed by atoms with Gasteiger partial charge in [0.25, 0.3) is 0 Å². The van der Waals surface area contributed by atoms with Crippen LogP contribution in [0.25, 0.3) is 0 Å². The van der Waals surface area contributed by atoms with E-state index in [0.717, 1.165) is 6.54 Å². The Balaban J connectivity index is 2.59. The van der Waals surface area contributed by atoms with Gasteiger partial charge in [-0.15, -0.1) is 0 Å². The Labute approximate surface area is 94.0 Å². The molecule has 1 atom stereocenters. The molecule has 1 amide bonds. The molecule has 0 N–H and O–H groups in total. The lowest BCUT2D eigenvalue weighted by atomic mass is 9.91. The van der Waals surface area contributed by atoms with Gasteiger partial charge < -0.3 is 4.90 Å². The topological polar surface area (TPSA) is 20.3 Å². The highest BCUT2D eigenvalue weighted by Gasteiger charge is 2.32.